The molecule has 0 aromatic rings. The van der Waals surface area contributed by atoms with Crippen molar-refractivity contribution >= 4 is 130 Å². The number of rotatable bonds is 3. The van der Waals surface area contributed by atoms with Crippen LogP contribution in [0.15, 0.2) is 0 Å². The maximum absolute atomic E-state index is 9.85. The minimum absolute atomic E-state index is 0. The summed E-state index contributed by atoms with van der Waals surface area (Å²) in [5, 5.41) is 16.0. The van der Waals surface area contributed by atoms with Crippen LogP contribution in [0.4, 0.5) is 0 Å². The van der Waals surface area contributed by atoms with Gasteiger partial charge in [0.2, 0.25) is 0 Å². The van der Waals surface area contributed by atoms with Crippen molar-refractivity contribution in [3.8, 4) is 0 Å². The molecule has 0 bridgehead atoms. The first kappa shape index (κ1) is 29.7. The zero-order valence-electron chi connectivity index (χ0n) is 8.57. The fraction of sp³-hybridized carbons (Fsp3) is 0.500. The smallest absolute Gasteiger partial charge is 0.321 e. The van der Waals surface area contributed by atoms with E-state index < -0.39 is 24.4 Å². The van der Waals surface area contributed by atoms with E-state index in [1.165, 1.54) is 0 Å². The molecule has 0 aliphatic heterocycles. The monoisotopic (exact) mass is 225 g/mol. The van der Waals surface area contributed by atoms with Gasteiger partial charge in [-0.05, 0) is 0 Å². The Bertz CT molecular complexity index is 144. The zero-order valence-corrected chi connectivity index (χ0v) is 16.6. The zero-order chi connectivity index (χ0) is 7.44. The number of carboxylic acids is 2. The molecule has 0 fully saturated rings. The van der Waals surface area contributed by atoms with Gasteiger partial charge in [-0.3, -0.25) is 9.59 Å². The summed E-state index contributed by atoms with van der Waals surface area (Å²) in [6, 6.07) is -1.29. The van der Waals surface area contributed by atoms with Gasteiger partial charge in [0.1, 0.15) is 6.04 Å². The first-order valence-electron chi connectivity index (χ1n) is 2.24. The molecule has 0 aromatic heterocycles. The van der Waals surface area contributed by atoms with Crippen LogP contribution < -0.4 is 5.73 Å². The topological polar surface area (TPSA) is 101 Å². The first-order valence-corrected chi connectivity index (χ1v) is 2.24. The van der Waals surface area contributed by atoms with Crippen LogP contribution in [0.3, 0.4) is 0 Å². The van der Waals surface area contributed by atoms with Gasteiger partial charge in [-0.2, -0.15) is 0 Å². The van der Waals surface area contributed by atoms with Crippen LogP contribution in [-0.2, 0) is 9.59 Å². The predicted octanol–water partition coefficient (Wildman–Crippen LogP) is -2.65. The normalized spacial score (nSPS) is 8.69. The summed E-state index contributed by atoms with van der Waals surface area (Å²) in [5.74, 6) is -2.50. The van der Waals surface area contributed by atoms with Gasteiger partial charge in [0, 0.05) is 118 Å². The van der Waals surface area contributed by atoms with Crippen molar-refractivity contribution in [3.05, 3.63) is 0 Å². The third-order valence-electron chi connectivity index (χ3n) is 0.712. The van der Waals surface area contributed by atoms with Crippen molar-refractivity contribution in [2.45, 2.75) is 12.5 Å². The Hall–Kier alpha value is 2.90. The number of carbonyl (C=O) groups is 2. The molecule has 0 amide bonds. The van der Waals surface area contributed by atoms with E-state index in [1.54, 1.807) is 0 Å². The predicted molar refractivity (Wildman–Crippen MR) is 50.9 cm³/mol. The summed E-state index contributed by atoms with van der Waals surface area (Å²) in [4.78, 5) is 19.6. The van der Waals surface area contributed by atoms with E-state index in [-0.39, 0.29) is 118 Å². The van der Waals surface area contributed by atoms with E-state index in [9.17, 15) is 9.59 Å². The minimum atomic E-state index is -1.29. The maximum atomic E-state index is 9.85. The average molecular weight is 225 g/mol. The second kappa shape index (κ2) is 17.3. The number of aliphatic carboxylic acids is 2. The Labute approximate surface area is 165 Å². The molecule has 1 atom stereocenters. The van der Waals surface area contributed by atoms with E-state index in [2.05, 4.69) is 0 Å². The molecule has 0 heterocycles. The van der Waals surface area contributed by atoms with Gasteiger partial charge in [-0.1, -0.05) is 0 Å². The number of carboxylic acid groups (broad SMARTS) is 2. The molecule has 0 aromatic carbocycles. The van der Waals surface area contributed by atoms with Crippen LogP contribution in [0.25, 0.3) is 0 Å². The molecular formula is C4H7NNa4O4. The van der Waals surface area contributed by atoms with Crippen molar-refractivity contribution < 1.29 is 19.8 Å². The van der Waals surface area contributed by atoms with Crippen molar-refractivity contribution in [3.63, 3.8) is 0 Å². The van der Waals surface area contributed by atoms with Gasteiger partial charge in [0.05, 0.1) is 6.42 Å². The van der Waals surface area contributed by atoms with E-state index in [1.807, 2.05) is 0 Å². The molecule has 5 nitrogen and oxygen atoms in total. The molecular weight excluding hydrogens is 218 g/mol. The van der Waals surface area contributed by atoms with E-state index in [4.69, 9.17) is 15.9 Å². The van der Waals surface area contributed by atoms with Crippen molar-refractivity contribution in [2.24, 2.45) is 5.73 Å². The SMILES string of the molecule is N[C@@H](CC(=O)O)C(=O)O.[Na].[Na].[Na].[Na]. The van der Waals surface area contributed by atoms with Crippen molar-refractivity contribution in [1.29, 1.82) is 0 Å². The molecule has 0 aliphatic carbocycles. The number of nitrogens with two attached hydrogens (primary N) is 1. The molecule has 56 valence electrons. The third kappa shape index (κ3) is 20.9. The van der Waals surface area contributed by atoms with Crippen LogP contribution in [0.1, 0.15) is 6.42 Å². The van der Waals surface area contributed by atoms with Gasteiger partial charge in [0.25, 0.3) is 0 Å². The van der Waals surface area contributed by atoms with Crippen LogP contribution in [-0.4, -0.2) is 146 Å². The molecule has 13 heavy (non-hydrogen) atoms. The Morgan fingerprint density at radius 1 is 1.08 bits per heavy atom. The summed E-state index contributed by atoms with van der Waals surface area (Å²) in [5.41, 5.74) is 4.84. The fourth-order valence-corrected chi connectivity index (χ4v) is 0.275. The van der Waals surface area contributed by atoms with Crippen LogP contribution >= 0.6 is 0 Å². The standard InChI is InChI=1S/C4H7NO4.4Na/c5-2(4(8)9)1-3(6)7;;;;/h2H,1,5H2,(H,6,7)(H,8,9);;;;/t2-;;;;/m0..../s1. The largest absolute Gasteiger partial charge is 0.481 e. The van der Waals surface area contributed by atoms with Gasteiger partial charge in [-0.25, -0.2) is 0 Å². The average Bonchev–Trinajstić information content (AvgIpc) is 1.63. The van der Waals surface area contributed by atoms with Crippen LogP contribution in [0, 0.1) is 0 Å². The molecule has 0 saturated carbocycles. The number of hydrogen-bond acceptors (Lipinski definition) is 3. The minimum Gasteiger partial charge on any atom is -0.481 e. The van der Waals surface area contributed by atoms with E-state index >= 15 is 0 Å². The first-order chi connectivity index (χ1) is 4.04. The fourth-order valence-electron chi connectivity index (χ4n) is 0.275. The molecule has 0 unspecified atom stereocenters. The second-order valence-electron chi connectivity index (χ2n) is 1.54. The second-order valence-corrected chi connectivity index (χ2v) is 1.54. The van der Waals surface area contributed by atoms with Gasteiger partial charge < -0.3 is 15.9 Å². The molecule has 4 radical (unpaired) electrons. The Morgan fingerprint density at radius 2 is 1.38 bits per heavy atom. The summed E-state index contributed by atoms with van der Waals surface area (Å²) in [6.45, 7) is 0. The Morgan fingerprint density at radius 3 is 1.46 bits per heavy atom. The summed E-state index contributed by atoms with van der Waals surface area (Å²) < 4.78 is 0. The Kier molecular flexibility index (Phi) is 39.5. The molecule has 0 rings (SSSR count). The summed E-state index contributed by atoms with van der Waals surface area (Å²) >= 11 is 0. The Balaban J connectivity index is -0.0000000533. The third-order valence-corrected chi connectivity index (χ3v) is 0.712. The summed E-state index contributed by atoms with van der Waals surface area (Å²) in [7, 11) is 0. The summed E-state index contributed by atoms with van der Waals surface area (Å²) in [6.07, 6.45) is -0.532. The van der Waals surface area contributed by atoms with Gasteiger partial charge >= 0.3 is 11.9 Å². The van der Waals surface area contributed by atoms with E-state index in [0.717, 1.165) is 0 Å². The van der Waals surface area contributed by atoms with Gasteiger partial charge in [0.15, 0.2) is 0 Å². The molecule has 0 saturated heterocycles. The maximum Gasteiger partial charge on any atom is 0.321 e. The van der Waals surface area contributed by atoms with Gasteiger partial charge in [-0.15, -0.1) is 0 Å². The molecule has 0 aliphatic rings. The molecule has 0 spiro atoms. The van der Waals surface area contributed by atoms with Crippen molar-refractivity contribution in [2.75, 3.05) is 0 Å². The molecule has 4 N–H and O–H groups in total. The van der Waals surface area contributed by atoms with E-state index in [0.29, 0.717) is 0 Å². The van der Waals surface area contributed by atoms with Crippen LogP contribution in [0.2, 0.25) is 0 Å². The quantitative estimate of drug-likeness (QED) is 0.455. The molecule has 9 heteroatoms. The number of hydrogen-bond donors (Lipinski definition) is 3. The van der Waals surface area contributed by atoms with Crippen molar-refractivity contribution in [1.82, 2.24) is 0 Å². The van der Waals surface area contributed by atoms with Crippen LogP contribution in [0.5, 0.6) is 0 Å².